The summed E-state index contributed by atoms with van der Waals surface area (Å²) in [6.45, 7) is 10.4. The highest BCUT2D eigenvalue weighted by Gasteiger charge is 2.13. The number of guanidine groups is 1. The summed E-state index contributed by atoms with van der Waals surface area (Å²) < 4.78 is 10.8. The Morgan fingerprint density at radius 3 is 2.72 bits per heavy atom. The number of nitrogens with zero attached hydrogens (tertiary/aromatic N) is 4. The van der Waals surface area contributed by atoms with Crippen molar-refractivity contribution < 1.29 is 9.47 Å². The van der Waals surface area contributed by atoms with Gasteiger partial charge in [0.15, 0.2) is 5.96 Å². The Hall–Kier alpha value is -1.99. The minimum atomic E-state index is 0.720. The van der Waals surface area contributed by atoms with Gasteiger partial charge in [0.05, 0.1) is 14.2 Å². The number of hydrogen-bond acceptors (Lipinski definition) is 5. The first-order valence-electron chi connectivity index (χ1n) is 10.7. The van der Waals surface area contributed by atoms with E-state index in [1.165, 1.54) is 26.1 Å². The SMILES string of the molecule is CCNC(=NCCCN1CCCN(C)CC1)N(C)Cc1ccc(OC)cc1OC. The van der Waals surface area contributed by atoms with Gasteiger partial charge in [0.2, 0.25) is 0 Å². The molecule has 0 aromatic heterocycles. The molecule has 0 radical (unpaired) electrons. The molecule has 164 valence electrons. The van der Waals surface area contributed by atoms with Gasteiger partial charge in [-0.1, -0.05) is 0 Å². The lowest BCUT2D eigenvalue weighted by Crippen LogP contribution is -2.38. The summed E-state index contributed by atoms with van der Waals surface area (Å²) in [4.78, 5) is 12.0. The van der Waals surface area contributed by atoms with Gasteiger partial charge in [-0.05, 0) is 58.6 Å². The first-order valence-corrected chi connectivity index (χ1v) is 10.7. The minimum Gasteiger partial charge on any atom is -0.497 e. The Balaban J connectivity index is 1.90. The molecule has 7 heteroatoms. The molecule has 2 rings (SSSR count). The number of benzene rings is 1. The van der Waals surface area contributed by atoms with Crippen molar-refractivity contribution in [3.05, 3.63) is 23.8 Å². The Bertz CT molecular complexity index is 638. The molecular formula is C22H39N5O2. The van der Waals surface area contributed by atoms with Crippen LogP contribution in [-0.4, -0.2) is 94.8 Å². The van der Waals surface area contributed by atoms with Gasteiger partial charge in [0.25, 0.3) is 0 Å². The average Bonchev–Trinajstić information content (AvgIpc) is 2.94. The second kappa shape index (κ2) is 12.5. The van der Waals surface area contributed by atoms with Crippen LogP contribution < -0.4 is 14.8 Å². The van der Waals surface area contributed by atoms with Gasteiger partial charge in [-0.15, -0.1) is 0 Å². The summed E-state index contributed by atoms with van der Waals surface area (Å²) in [7, 11) is 7.64. The van der Waals surface area contributed by atoms with Crippen molar-refractivity contribution in [2.75, 3.05) is 74.1 Å². The molecule has 0 bridgehead atoms. The molecule has 0 unspecified atom stereocenters. The molecule has 0 amide bonds. The molecule has 0 atom stereocenters. The molecule has 1 heterocycles. The molecule has 1 fully saturated rings. The zero-order valence-corrected chi connectivity index (χ0v) is 18.9. The summed E-state index contributed by atoms with van der Waals surface area (Å²) in [5, 5.41) is 3.41. The number of ether oxygens (including phenoxy) is 2. The van der Waals surface area contributed by atoms with Crippen molar-refractivity contribution in [2.45, 2.75) is 26.3 Å². The predicted molar refractivity (Wildman–Crippen MR) is 120 cm³/mol. The number of methoxy groups -OCH3 is 2. The summed E-state index contributed by atoms with van der Waals surface area (Å²) in [5.41, 5.74) is 1.11. The van der Waals surface area contributed by atoms with Gasteiger partial charge >= 0.3 is 0 Å². The number of nitrogens with one attached hydrogen (secondary N) is 1. The first-order chi connectivity index (χ1) is 14.1. The largest absolute Gasteiger partial charge is 0.497 e. The van der Waals surface area contributed by atoms with Gasteiger partial charge in [-0.3, -0.25) is 4.99 Å². The van der Waals surface area contributed by atoms with Crippen LogP contribution in [0.1, 0.15) is 25.3 Å². The molecular weight excluding hydrogens is 366 g/mol. The normalized spacial score (nSPS) is 16.4. The monoisotopic (exact) mass is 405 g/mol. The molecule has 29 heavy (non-hydrogen) atoms. The Morgan fingerprint density at radius 1 is 1.17 bits per heavy atom. The molecule has 1 saturated heterocycles. The fourth-order valence-electron chi connectivity index (χ4n) is 3.59. The lowest BCUT2D eigenvalue weighted by atomic mass is 10.2. The van der Waals surface area contributed by atoms with E-state index in [1.54, 1.807) is 14.2 Å². The van der Waals surface area contributed by atoms with Crippen molar-refractivity contribution in [3.63, 3.8) is 0 Å². The summed E-state index contributed by atoms with van der Waals surface area (Å²) in [6, 6.07) is 5.94. The smallest absolute Gasteiger partial charge is 0.193 e. The van der Waals surface area contributed by atoms with Gasteiger partial charge in [-0.25, -0.2) is 0 Å². The zero-order valence-electron chi connectivity index (χ0n) is 18.9. The van der Waals surface area contributed by atoms with Gasteiger partial charge < -0.3 is 29.5 Å². The Morgan fingerprint density at radius 2 is 2.00 bits per heavy atom. The van der Waals surface area contributed by atoms with Crippen molar-refractivity contribution in [1.29, 1.82) is 0 Å². The van der Waals surface area contributed by atoms with Crippen LogP contribution in [0.5, 0.6) is 11.5 Å². The minimum absolute atomic E-state index is 0.720. The molecule has 1 aromatic rings. The van der Waals surface area contributed by atoms with Gasteiger partial charge in [0.1, 0.15) is 11.5 Å². The lowest BCUT2D eigenvalue weighted by molar-refractivity contribution is 0.275. The van der Waals surface area contributed by atoms with Gasteiger partial charge in [-0.2, -0.15) is 0 Å². The second-order valence-electron chi connectivity index (χ2n) is 7.62. The number of aliphatic imine (C=N–C) groups is 1. The third kappa shape index (κ3) is 7.74. The number of hydrogen-bond donors (Lipinski definition) is 1. The van der Waals surface area contributed by atoms with Crippen LogP contribution in [0.25, 0.3) is 0 Å². The molecule has 1 N–H and O–H groups in total. The van der Waals surface area contributed by atoms with E-state index >= 15 is 0 Å². The van der Waals surface area contributed by atoms with E-state index in [9.17, 15) is 0 Å². The number of likely N-dealkylation sites (N-methyl/N-ethyl adjacent to an activating group) is 1. The lowest BCUT2D eigenvalue weighted by Gasteiger charge is -2.24. The molecule has 1 aliphatic heterocycles. The first kappa shape index (κ1) is 23.3. The fourth-order valence-corrected chi connectivity index (χ4v) is 3.59. The van der Waals surface area contributed by atoms with Crippen LogP contribution in [0.4, 0.5) is 0 Å². The Labute approximate surface area is 176 Å². The molecule has 0 aliphatic carbocycles. The predicted octanol–water partition coefficient (Wildman–Crippen LogP) is 2.13. The van der Waals surface area contributed by atoms with Crippen LogP contribution in [0.3, 0.4) is 0 Å². The molecule has 1 aromatic carbocycles. The standard InChI is InChI=1S/C22H39N5O2/c1-6-23-22(24-11-7-13-27-14-8-12-25(2)15-16-27)26(3)18-19-9-10-20(28-4)17-21(19)29-5/h9-10,17H,6-8,11-16,18H2,1-5H3,(H,23,24). The van der Waals surface area contributed by atoms with E-state index in [1.807, 2.05) is 18.2 Å². The summed E-state index contributed by atoms with van der Waals surface area (Å²) in [6.07, 6.45) is 2.34. The molecule has 0 saturated carbocycles. The van der Waals surface area contributed by atoms with Crippen molar-refractivity contribution in [1.82, 2.24) is 20.0 Å². The van der Waals surface area contributed by atoms with Crippen LogP contribution in [-0.2, 0) is 6.54 Å². The average molecular weight is 406 g/mol. The summed E-state index contributed by atoms with van der Waals surface area (Å²) in [5.74, 6) is 2.56. The fraction of sp³-hybridized carbons (Fsp3) is 0.682. The molecule has 0 spiro atoms. The van der Waals surface area contributed by atoms with E-state index in [2.05, 4.69) is 41.0 Å². The third-order valence-electron chi connectivity index (χ3n) is 5.30. The topological polar surface area (TPSA) is 52.6 Å². The quantitative estimate of drug-likeness (QED) is 0.386. The van der Waals surface area contributed by atoms with E-state index in [0.717, 1.165) is 62.2 Å². The van der Waals surface area contributed by atoms with Crippen LogP contribution in [0, 0.1) is 0 Å². The maximum absolute atomic E-state index is 5.54. The third-order valence-corrected chi connectivity index (χ3v) is 5.30. The highest BCUT2D eigenvalue weighted by atomic mass is 16.5. The highest BCUT2D eigenvalue weighted by Crippen LogP contribution is 2.25. The maximum atomic E-state index is 5.54. The molecule has 7 nitrogen and oxygen atoms in total. The zero-order chi connectivity index (χ0) is 21.1. The van der Waals surface area contributed by atoms with Gasteiger partial charge in [0, 0.05) is 51.4 Å². The van der Waals surface area contributed by atoms with E-state index < -0.39 is 0 Å². The van der Waals surface area contributed by atoms with E-state index in [0.29, 0.717) is 0 Å². The van der Waals surface area contributed by atoms with Crippen molar-refractivity contribution >= 4 is 5.96 Å². The summed E-state index contributed by atoms with van der Waals surface area (Å²) >= 11 is 0. The van der Waals surface area contributed by atoms with Crippen LogP contribution in [0.15, 0.2) is 23.2 Å². The van der Waals surface area contributed by atoms with Crippen LogP contribution in [0.2, 0.25) is 0 Å². The second-order valence-corrected chi connectivity index (χ2v) is 7.62. The number of rotatable bonds is 9. The highest BCUT2D eigenvalue weighted by molar-refractivity contribution is 5.79. The molecule has 1 aliphatic rings. The van der Waals surface area contributed by atoms with Crippen molar-refractivity contribution in [2.24, 2.45) is 4.99 Å². The van der Waals surface area contributed by atoms with E-state index in [4.69, 9.17) is 14.5 Å². The maximum Gasteiger partial charge on any atom is 0.193 e. The van der Waals surface area contributed by atoms with E-state index in [-0.39, 0.29) is 0 Å². The van der Waals surface area contributed by atoms with Crippen molar-refractivity contribution in [3.8, 4) is 11.5 Å². The Kier molecular flexibility index (Phi) is 10.1. The van der Waals surface area contributed by atoms with Crippen LogP contribution >= 0.6 is 0 Å².